The van der Waals surface area contributed by atoms with E-state index in [9.17, 15) is 25.9 Å². The second kappa shape index (κ2) is 15.5. The van der Waals surface area contributed by atoms with Crippen LogP contribution in [-0.2, 0) is 33.1 Å². The summed E-state index contributed by atoms with van der Waals surface area (Å²) < 4.78 is 67.1. The molecule has 4 aromatic carbocycles. The van der Waals surface area contributed by atoms with Crippen LogP contribution in [0.3, 0.4) is 0 Å². The van der Waals surface area contributed by atoms with Crippen LogP contribution in [0.15, 0.2) is 82.6 Å². The summed E-state index contributed by atoms with van der Waals surface area (Å²) in [7, 11) is -8.83. The van der Waals surface area contributed by atoms with Crippen LogP contribution in [-0.4, -0.2) is 63.7 Å². The van der Waals surface area contributed by atoms with Crippen molar-refractivity contribution < 1.29 is 25.9 Å². The molecule has 39 heavy (non-hydrogen) atoms. The Hall–Kier alpha value is -1.52. The molecule has 0 aliphatic rings. The van der Waals surface area contributed by atoms with E-state index in [0.717, 1.165) is 36.5 Å². The summed E-state index contributed by atoms with van der Waals surface area (Å²) >= 11 is 0. The summed E-state index contributed by atoms with van der Waals surface area (Å²) in [6.07, 6.45) is 8.94. The Bertz CT molecular complexity index is 1480. The maximum absolute atomic E-state index is 11.2. The van der Waals surface area contributed by atoms with Crippen molar-refractivity contribution in [2.24, 2.45) is 0 Å². The zero-order valence-electron chi connectivity index (χ0n) is 22.6. The quantitative estimate of drug-likeness (QED) is 0.116. The number of rotatable bonds is 10. The van der Waals surface area contributed by atoms with Gasteiger partial charge in [-0.05, 0) is 70.5 Å². The van der Waals surface area contributed by atoms with Crippen LogP contribution in [0.2, 0.25) is 0 Å². The van der Waals surface area contributed by atoms with Gasteiger partial charge in [0, 0.05) is 0 Å². The van der Waals surface area contributed by atoms with Crippen molar-refractivity contribution in [3.05, 3.63) is 83.9 Å². The standard InChI is InChI=1S/2C15H18O3S.Ca/c2*1-2-3-4-6-12-9-10-14-13(11-12)7-5-8-15(14)19(16,17)18;/h2*5,7-11H,2-4,6H2,1H3,(H,16,17,18);/q;;+2/p-2. The normalized spacial score (nSPS) is 11.6. The molecule has 0 heterocycles. The Morgan fingerprint density at radius 3 is 1.28 bits per heavy atom. The van der Waals surface area contributed by atoms with Gasteiger partial charge in [0.25, 0.3) is 0 Å². The minimum Gasteiger partial charge on any atom is -0.744 e. The van der Waals surface area contributed by atoms with E-state index in [1.165, 1.54) is 48.9 Å². The van der Waals surface area contributed by atoms with E-state index in [0.29, 0.717) is 10.8 Å². The summed E-state index contributed by atoms with van der Waals surface area (Å²) in [5.74, 6) is 0. The zero-order valence-corrected chi connectivity index (χ0v) is 26.4. The first-order valence-corrected chi connectivity index (χ1v) is 15.8. The molecule has 0 bridgehead atoms. The van der Waals surface area contributed by atoms with Gasteiger partial charge in [0.15, 0.2) is 0 Å². The van der Waals surface area contributed by atoms with Crippen molar-refractivity contribution >= 4 is 79.5 Å². The Kier molecular flexibility index (Phi) is 13.4. The predicted molar refractivity (Wildman–Crippen MR) is 156 cm³/mol. The number of hydrogen-bond donors (Lipinski definition) is 0. The van der Waals surface area contributed by atoms with Gasteiger partial charge in [-0.2, -0.15) is 0 Å². The van der Waals surface area contributed by atoms with E-state index < -0.39 is 20.2 Å². The minimum absolute atomic E-state index is 0. The summed E-state index contributed by atoms with van der Waals surface area (Å²) in [4.78, 5) is -0.268. The van der Waals surface area contributed by atoms with E-state index in [1.807, 2.05) is 36.4 Å². The van der Waals surface area contributed by atoms with Crippen molar-refractivity contribution in [2.45, 2.75) is 75.0 Å². The van der Waals surface area contributed by atoms with E-state index in [4.69, 9.17) is 0 Å². The molecule has 0 aromatic heterocycles. The Morgan fingerprint density at radius 2 is 0.949 bits per heavy atom. The Balaban J connectivity index is 0.000000267. The van der Waals surface area contributed by atoms with E-state index in [-0.39, 0.29) is 47.5 Å². The molecule has 4 aromatic rings. The van der Waals surface area contributed by atoms with Gasteiger partial charge in [-0.3, -0.25) is 0 Å². The fourth-order valence-corrected chi connectivity index (χ4v) is 5.91. The average molecular weight is 595 g/mol. The van der Waals surface area contributed by atoms with Gasteiger partial charge in [-0.25, -0.2) is 16.8 Å². The molecule has 0 spiro atoms. The first kappa shape index (κ1) is 33.7. The second-order valence-corrected chi connectivity index (χ2v) is 12.1. The van der Waals surface area contributed by atoms with Gasteiger partial charge in [-0.15, -0.1) is 0 Å². The molecule has 0 amide bonds. The second-order valence-electron chi connectivity index (χ2n) is 9.45. The molecular weight excluding hydrogens is 561 g/mol. The number of fused-ring (bicyclic) bond motifs is 2. The van der Waals surface area contributed by atoms with Gasteiger partial charge in [0.2, 0.25) is 0 Å². The topological polar surface area (TPSA) is 114 Å². The molecule has 6 nitrogen and oxygen atoms in total. The van der Waals surface area contributed by atoms with Crippen LogP contribution in [0.5, 0.6) is 0 Å². The molecule has 0 aliphatic heterocycles. The number of aryl methyl sites for hydroxylation is 2. The third kappa shape index (κ3) is 9.81. The third-order valence-electron chi connectivity index (χ3n) is 6.49. The zero-order chi connectivity index (χ0) is 27.8. The number of benzene rings is 4. The monoisotopic (exact) mass is 594 g/mol. The molecular formula is C30H34CaO6S2. The molecule has 204 valence electrons. The molecule has 0 N–H and O–H groups in total. The van der Waals surface area contributed by atoms with E-state index in [1.54, 1.807) is 24.3 Å². The maximum atomic E-state index is 11.2. The number of hydrogen-bond acceptors (Lipinski definition) is 6. The van der Waals surface area contributed by atoms with Gasteiger partial charge in [0.05, 0.1) is 9.79 Å². The molecule has 4 rings (SSSR count). The number of unbranched alkanes of at least 4 members (excludes halogenated alkanes) is 4. The first-order valence-electron chi connectivity index (χ1n) is 13.0. The SMILES string of the molecule is CCCCCc1ccc2c(S(=O)(=O)[O-])cccc2c1.CCCCCc1ccc2c(S(=O)(=O)[O-])cccc2c1.[Ca+2]. The van der Waals surface area contributed by atoms with Crippen molar-refractivity contribution in [3.8, 4) is 0 Å². The van der Waals surface area contributed by atoms with Gasteiger partial charge in [0.1, 0.15) is 20.2 Å². The molecule has 9 heteroatoms. The van der Waals surface area contributed by atoms with Gasteiger partial charge < -0.3 is 9.11 Å². The smallest absolute Gasteiger partial charge is 0.744 e. The largest absolute Gasteiger partial charge is 2.00 e. The predicted octanol–water partition coefficient (Wildman–Crippen LogP) is 6.57. The van der Waals surface area contributed by atoms with Crippen LogP contribution in [0.4, 0.5) is 0 Å². The van der Waals surface area contributed by atoms with Crippen molar-refractivity contribution in [1.29, 1.82) is 0 Å². The van der Waals surface area contributed by atoms with Crippen LogP contribution in [0.1, 0.15) is 63.5 Å². The molecule has 0 fully saturated rings. The van der Waals surface area contributed by atoms with E-state index in [2.05, 4.69) is 13.8 Å². The van der Waals surface area contributed by atoms with Crippen LogP contribution in [0.25, 0.3) is 21.5 Å². The van der Waals surface area contributed by atoms with Gasteiger partial charge in [-0.1, -0.05) is 100 Å². The van der Waals surface area contributed by atoms with Crippen LogP contribution >= 0.6 is 0 Å². The van der Waals surface area contributed by atoms with Gasteiger partial charge >= 0.3 is 37.7 Å². The maximum Gasteiger partial charge on any atom is 2.00 e. The van der Waals surface area contributed by atoms with Crippen LogP contribution < -0.4 is 0 Å². The molecule has 0 radical (unpaired) electrons. The third-order valence-corrected chi connectivity index (χ3v) is 8.28. The first-order chi connectivity index (χ1) is 18.0. The molecule has 0 saturated heterocycles. The van der Waals surface area contributed by atoms with E-state index >= 15 is 0 Å². The molecule has 0 aliphatic carbocycles. The van der Waals surface area contributed by atoms with Crippen molar-refractivity contribution in [1.82, 2.24) is 0 Å². The fraction of sp³-hybridized carbons (Fsp3) is 0.333. The summed E-state index contributed by atoms with van der Waals surface area (Å²) in [5.41, 5.74) is 2.36. The summed E-state index contributed by atoms with van der Waals surface area (Å²) in [6.45, 7) is 4.32. The Labute approximate surface area is 262 Å². The van der Waals surface area contributed by atoms with Crippen molar-refractivity contribution in [2.75, 3.05) is 0 Å². The average Bonchev–Trinajstić information content (AvgIpc) is 2.87. The summed E-state index contributed by atoms with van der Waals surface area (Å²) in [6, 6.07) is 20.9. The fourth-order valence-electron chi connectivity index (χ4n) is 4.51. The molecule has 0 saturated carbocycles. The Morgan fingerprint density at radius 1 is 0.564 bits per heavy atom. The minimum atomic E-state index is -4.41. The van der Waals surface area contributed by atoms with Crippen LogP contribution in [0, 0.1) is 0 Å². The molecule has 0 atom stereocenters. The summed E-state index contributed by atoms with van der Waals surface area (Å²) in [5, 5.41) is 2.64. The van der Waals surface area contributed by atoms with Crippen molar-refractivity contribution in [3.63, 3.8) is 0 Å². The molecule has 0 unspecified atom stereocenters.